The Hall–Kier alpha value is -2.30. The first-order valence-corrected chi connectivity index (χ1v) is 11.4. The zero-order valence-electron chi connectivity index (χ0n) is 17.5. The van der Waals surface area contributed by atoms with Crippen LogP contribution in [-0.2, 0) is 14.4 Å². The Morgan fingerprint density at radius 2 is 1.90 bits per heavy atom. The number of nitrogens with zero attached hydrogens (tertiary/aromatic N) is 1. The van der Waals surface area contributed by atoms with Crippen LogP contribution in [-0.4, -0.2) is 63.4 Å². The molecule has 6 N–H and O–H groups in total. The molecule has 0 bridgehead atoms. The summed E-state index contributed by atoms with van der Waals surface area (Å²) in [4.78, 5) is 51.5. The maximum atomic E-state index is 13.0. The SMILES string of the molecule is NCCCC[C@H](N)C(=O)N1CCC[C@]1(C(=O)O)C(CCCC(=O)c1cccs1)C(=O)O. The number of amides is 1. The summed E-state index contributed by atoms with van der Waals surface area (Å²) in [5.41, 5.74) is 9.62. The van der Waals surface area contributed by atoms with Gasteiger partial charge in [0.2, 0.25) is 5.91 Å². The number of rotatable bonds is 13. The third-order valence-electron chi connectivity index (χ3n) is 5.91. The Morgan fingerprint density at radius 1 is 1.16 bits per heavy atom. The molecule has 1 saturated heterocycles. The van der Waals surface area contributed by atoms with Crippen molar-refractivity contribution in [2.75, 3.05) is 13.1 Å². The first-order chi connectivity index (χ1) is 14.8. The molecule has 1 aliphatic rings. The van der Waals surface area contributed by atoms with E-state index in [-0.39, 0.29) is 38.0 Å². The van der Waals surface area contributed by atoms with E-state index in [0.717, 1.165) is 4.90 Å². The number of nitrogens with two attached hydrogens (primary N) is 2. The quantitative estimate of drug-likeness (QED) is 0.259. The van der Waals surface area contributed by atoms with Crippen molar-refractivity contribution < 1.29 is 29.4 Å². The van der Waals surface area contributed by atoms with Crippen molar-refractivity contribution in [2.45, 2.75) is 62.9 Å². The maximum Gasteiger partial charge on any atom is 0.330 e. The third kappa shape index (κ3) is 5.69. The largest absolute Gasteiger partial charge is 0.481 e. The number of unbranched alkanes of at least 4 members (excludes halogenated alkanes) is 1. The lowest BCUT2D eigenvalue weighted by atomic mass is 9.78. The van der Waals surface area contributed by atoms with Gasteiger partial charge in [0, 0.05) is 13.0 Å². The summed E-state index contributed by atoms with van der Waals surface area (Å²) in [5, 5.41) is 21.7. The molecule has 31 heavy (non-hydrogen) atoms. The highest BCUT2D eigenvalue weighted by Crippen LogP contribution is 2.40. The van der Waals surface area contributed by atoms with Crippen LogP contribution in [0, 0.1) is 5.92 Å². The van der Waals surface area contributed by atoms with Crippen LogP contribution in [0.4, 0.5) is 0 Å². The maximum absolute atomic E-state index is 13.0. The summed E-state index contributed by atoms with van der Waals surface area (Å²) >= 11 is 1.31. The van der Waals surface area contributed by atoms with Gasteiger partial charge < -0.3 is 26.6 Å². The van der Waals surface area contributed by atoms with Crippen LogP contribution in [0.25, 0.3) is 0 Å². The van der Waals surface area contributed by atoms with Crippen LogP contribution in [0.5, 0.6) is 0 Å². The molecule has 9 nitrogen and oxygen atoms in total. The average Bonchev–Trinajstić information content (AvgIpc) is 3.41. The summed E-state index contributed by atoms with van der Waals surface area (Å²) in [7, 11) is 0. The van der Waals surface area contributed by atoms with Crippen LogP contribution in [0.15, 0.2) is 17.5 Å². The predicted molar refractivity (Wildman–Crippen MR) is 116 cm³/mol. The first kappa shape index (κ1) is 25.0. The van der Waals surface area contributed by atoms with Gasteiger partial charge in [-0.2, -0.15) is 0 Å². The fourth-order valence-electron chi connectivity index (χ4n) is 4.31. The van der Waals surface area contributed by atoms with Crippen molar-refractivity contribution in [1.29, 1.82) is 0 Å². The average molecular weight is 454 g/mol. The van der Waals surface area contributed by atoms with E-state index in [1.54, 1.807) is 17.5 Å². The third-order valence-corrected chi connectivity index (χ3v) is 6.82. The number of ketones is 1. The summed E-state index contributed by atoms with van der Waals surface area (Å²) in [6.07, 6.45) is 2.41. The van der Waals surface area contributed by atoms with E-state index in [1.807, 2.05) is 0 Å². The molecule has 3 atom stereocenters. The Morgan fingerprint density at radius 3 is 2.48 bits per heavy atom. The van der Waals surface area contributed by atoms with Gasteiger partial charge in [0.25, 0.3) is 0 Å². The Bertz CT molecular complexity index is 784. The van der Waals surface area contributed by atoms with E-state index in [2.05, 4.69) is 0 Å². The second kappa shape index (κ2) is 11.4. The van der Waals surface area contributed by atoms with Gasteiger partial charge in [0.15, 0.2) is 11.3 Å². The number of hydrogen-bond acceptors (Lipinski definition) is 7. The van der Waals surface area contributed by atoms with Crippen molar-refractivity contribution in [2.24, 2.45) is 17.4 Å². The zero-order chi connectivity index (χ0) is 23.0. The minimum atomic E-state index is -1.86. The second-order valence-corrected chi connectivity index (χ2v) is 8.85. The molecule has 1 aliphatic heterocycles. The Kier molecular flexibility index (Phi) is 9.15. The van der Waals surface area contributed by atoms with Crippen LogP contribution in [0.3, 0.4) is 0 Å². The fourth-order valence-corrected chi connectivity index (χ4v) is 5.00. The van der Waals surface area contributed by atoms with E-state index in [0.29, 0.717) is 37.1 Å². The molecule has 1 aromatic rings. The lowest BCUT2D eigenvalue weighted by Gasteiger charge is -2.40. The van der Waals surface area contributed by atoms with Gasteiger partial charge in [-0.15, -0.1) is 11.3 Å². The van der Waals surface area contributed by atoms with Crippen molar-refractivity contribution in [3.8, 4) is 0 Å². The van der Waals surface area contributed by atoms with Gasteiger partial charge >= 0.3 is 11.9 Å². The van der Waals surface area contributed by atoms with Crippen molar-refractivity contribution in [3.05, 3.63) is 22.4 Å². The standard InChI is InChI=1S/C21H31N3O6S/c22-11-2-1-7-15(23)18(26)24-12-5-10-21(24,20(29)30)14(19(27)28)6-3-8-16(25)17-9-4-13-31-17/h4,9,13-15H,1-3,5-8,10-12,22-23H2,(H,27,28)(H,29,30)/t14?,15-,21+/m0/s1. The topological polar surface area (TPSA) is 164 Å². The number of aliphatic carboxylic acids is 2. The molecule has 2 heterocycles. The van der Waals surface area contributed by atoms with Gasteiger partial charge in [0.1, 0.15) is 0 Å². The molecule has 0 radical (unpaired) electrons. The molecule has 0 spiro atoms. The van der Waals surface area contributed by atoms with E-state index >= 15 is 0 Å². The normalized spacial score (nSPS) is 20.4. The van der Waals surface area contributed by atoms with E-state index in [4.69, 9.17) is 11.5 Å². The van der Waals surface area contributed by atoms with E-state index < -0.39 is 35.3 Å². The highest BCUT2D eigenvalue weighted by Gasteiger charge is 2.58. The molecular weight excluding hydrogens is 422 g/mol. The summed E-state index contributed by atoms with van der Waals surface area (Å²) in [5.74, 6) is -4.61. The number of carboxylic acids is 2. The molecule has 2 rings (SSSR count). The monoisotopic (exact) mass is 453 g/mol. The second-order valence-electron chi connectivity index (χ2n) is 7.90. The zero-order valence-corrected chi connectivity index (χ0v) is 18.3. The molecule has 172 valence electrons. The van der Waals surface area contributed by atoms with Crippen molar-refractivity contribution in [3.63, 3.8) is 0 Å². The predicted octanol–water partition coefficient (Wildman–Crippen LogP) is 1.70. The van der Waals surface area contributed by atoms with Gasteiger partial charge in [0.05, 0.1) is 16.8 Å². The minimum Gasteiger partial charge on any atom is -0.481 e. The molecule has 0 aromatic carbocycles. The number of carboxylic acid groups (broad SMARTS) is 2. The number of carbonyl (C=O) groups is 4. The number of thiophene rings is 1. The Labute approximate surface area is 185 Å². The lowest BCUT2D eigenvalue weighted by Crippen LogP contribution is -2.62. The fraction of sp³-hybridized carbons (Fsp3) is 0.619. The lowest BCUT2D eigenvalue weighted by molar-refractivity contribution is -0.168. The molecule has 0 aliphatic carbocycles. The molecular formula is C21H31N3O6S. The summed E-state index contributed by atoms with van der Waals surface area (Å²) < 4.78 is 0. The van der Waals surface area contributed by atoms with Gasteiger partial charge in [-0.3, -0.25) is 14.4 Å². The van der Waals surface area contributed by atoms with Gasteiger partial charge in [-0.25, -0.2) is 4.79 Å². The number of hydrogen-bond donors (Lipinski definition) is 4. The summed E-state index contributed by atoms with van der Waals surface area (Å²) in [6.45, 7) is 0.614. The van der Waals surface area contributed by atoms with Crippen LogP contribution in [0.2, 0.25) is 0 Å². The van der Waals surface area contributed by atoms with Crippen LogP contribution >= 0.6 is 11.3 Å². The number of likely N-dealkylation sites (tertiary alicyclic amines) is 1. The van der Waals surface area contributed by atoms with Gasteiger partial charge in [-0.1, -0.05) is 12.5 Å². The van der Waals surface area contributed by atoms with Crippen LogP contribution < -0.4 is 11.5 Å². The number of Topliss-reactive ketones (excluding diaryl/α,β-unsaturated/α-hetero) is 1. The highest BCUT2D eigenvalue weighted by molar-refractivity contribution is 7.12. The molecule has 10 heteroatoms. The first-order valence-electron chi connectivity index (χ1n) is 10.6. The highest BCUT2D eigenvalue weighted by atomic mass is 32.1. The molecule has 1 fully saturated rings. The number of carbonyl (C=O) groups excluding carboxylic acids is 2. The van der Waals surface area contributed by atoms with Crippen molar-refractivity contribution >= 4 is 35.0 Å². The molecule has 0 saturated carbocycles. The van der Waals surface area contributed by atoms with Crippen molar-refractivity contribution in [1.82, 2.24) is 4.90 Å². The van der Waals surface area contributed by atoms with Gasteiger partial charge in [-0.05, 0) is 56.5 Å². The smallest absolute Gasteiger partial charge is 0.330 e. The van der Waals surface area contributed by atoms with E-state index in [9.17, 15) is 29.4 Å². The molecule has 1 aromatic heterocycles. The van der Waals surface area contributed by atoms with Crippen LogP contribution in [0.1, 0.15) is 61.0 Å². The molecule has 1 unspecified atom stereocenters. The molecule has 1 amide bonds. The minimum absolute atomic E-state index is 0.0229. The Balaban J connectivity index is 2.17. The summed E-state index contributed by atoms with van der Waals surface area (Å²) in [6, 6.07) is 2.55. The van der Waals surface area contributed by atoms with E-state index in [1.165, 1.54) is 11.3 Å².